The van der Waals surface area contributed by atoms with Gasteiger partial charge in [-0.05, 0) is 56.8 Å². The van der Waals surface area contributed by atoms with Gasteiger partial charge in [0.2, 0.25) is 0 Å². The van der Waals surface area contributed by atoms with Gasteiger partial charge in [-0.1, -0.05) is 90.9 Å². The lowest BCUT2D eigenvalue weighted by Gasteiger charge is -2.11. The van der Waals surface area contributed by atoms with Crippen LogP contribution in [0.15, 0.2) is 21.1 Å². The van der Waals surface area contributed by atoms with Gasteiger partial charge in [0.05, 0.1) is 24.3 Å². The van der Waals surface area contributed by atoms with E-state index in [0.29, 0.717) is 33.3 Å². The molecule has 0 atom stereocenters. The van der Waals surface area contributed by atoms with Crippen LogP contribution in [-0.4, -0.2) is 25.2 Å². The summed E-state index contributed by atoms with van der Waals surface area (Å²) >= 11 is 6.84. The van der Waals surface area contributed by atoms with Crippen molar-refractivity contribution in [3.63, 3.8) is 0 Å². The maximum absolute atomic E-state index is 12.5. The molecule has 0 saturated carbocycles. The maximum Gasteiger partial charge on any atom is 0.339 e. The molecule has 0 bridgehead atoms. The molecule has 0 N–H and O–H groups in total. The first kappa shape index (κ1) is 29.2. The monoisotopic (exact) mass is 574 g/mol. The van der Waals surface area contributed by atoms with Crippen molar-refractivity contribution >= 4 is 43.8 Å². The molecule has 0 heterocycles. The number of unbranched alkanes of at least 4 members (excludes halogenated alkanes) is 12. The Balaban J connectivity index is 2.42. The number of hydrogen-bond donors (Lipinski definition) is 0. The Hall–Kier alpha value is -0.880. The molecule has 182 valence electrons. The number of carbonyl (C=O) groups excluding carboxylic acids is 2. The molecule has 0 aliphatic rings. The highest BCUT2D eigenvalue weighted by atomic mass is 79.9. The smallest absolute Gasteiger partial charge is 0.339 e. The van der Waals surface area contributed by atoms with E-state index in [-0.39, 0.29) is 0 Å². The van der Waals surface area contributed by atoms with E-state index in [2.05, 4.69) is 45.7 Å². The normalized spacial score (nSPS) is 10.9. The van der Waals surface area contributed by atoms with E-state index < -0.39 is 11.9 Å². The third-order valence-corrected chi connectivity index (χ3v) is 7.46. The van der Waals surface area contributed by atoms with Gasteiger partial charge in [-0.25, -0.2) is 9.59 Å². The van der Waals surface area contributed by atoms with Gasteiger partial charge >= 0.3 is 11.9 Å². The summed E-state index contributed by atoms with van der Waals surface area (Å²) in [6.45, 7) is 5.21. The zero-order valence-electron chi connectivity index (χ0n) is 19.9. The summed E-state index contributed by atoms with van der Waals surface area (Å²) in [6.07, 6.45) is 16.3. The van der Waals surface area contributed by atoms with Crippen molar-refractivity contribution in [2.75, 3.05) is 13.2 Å². The molecule has 4 nitrogen and oxygen atoms in total. The topological polar surface area (TPSA) is 52.6 Å². The average Bonchev–Trinajstić information content (AvgIpc) is 2.78. The molecule has 0 spiro atoms. The number of benzene rings is 1. The van der Waals surface area contributed by atoms with Crippen molar-refractivity contribution in [1.29, 1.82) is 0 Å². The summed E-state index contributed by atoms with van der Waals surface area (Å²) in [5.41, 5.74) is 0.691. The predicted molar refractivity (Wildman–Crippen MR) is 138 cm³/mol. The summed E-state index contributed by atoms with van der Waals surface area (Å²) < 4.78 is 12.1. The molecule has 0 radical (unpaired) electrons. The van der Waals surface area contributed by atoms with Crippen molar-refractivity contribution in [3.8, 4) is 0 Å². The van der Waals surface area contributed by atoms with Crippen LogP contribution in [0, 0.1) is 0 Å². The number of rotatable bonds is 18. The highest BCUT2D eigenvalue weighted by Gasteiger charge is 2.19. The lowest BCUT2D eigenvalue weighted by molar-refractivity contribution is 0.0495. The van der Waals surface area contributed by atoms with Crippen LogP contribution in [0.1, 0.15) is 124 Å². The Morgan fingerprint density at radius 1 is 0.656 bits per heavy atom. The molecule has 0 aliphatic carbocycles. The van der Waals surface area contributed by atoms with Crippen LogP contribution in [0.3, 0.4) is 0 Å². The minimum atomic E-state index is -0.426. The van der Waals surface area contributed by atoms with Gasteiger partial charge in [0.1, 0.15) is 0 Å². The molecule has 0 unspecified atom stereocenters. The van der Waals surface area contributed by atoms with Gasteiger partial charge in [0.15, 0.2) is 0 Å². The Morgan fingerprint density at radius 2 is 1.09 bits per heavy atom. The molecule has 6 heteroatoms. The fraction of sp³-hybridized carbons (Fsp3) is 0.692. The van der Waals surface area contributed by atoms with Crippen LogP contribution in [0.4, 0.5) is 0 Å². The minimum absolute atomic E-state index is 0.338. The number of halogens is 2. The molecule has 1 rings (SSSR count). The SMILES string of the molecule is CCCCCCCCCOC(=O)c1cc(Br)c(Br)c(C(=O)OCCCCCCCCC)c1. The van der Waals surface area contributed by atoms with Crippen LogP contribution >= 0.6 is 31.9 Å². The largest absolute Gasteiger partial charge is 0.462 e. The molecule has 0 saturated heterocycles. The Labute approximate surface area is 211 Å². The highest BCUT2D eigenvalue weighted by Crippen LogP contribution is 2.29. The predicted octanol–water partition coefficient (Wildman–Crippen LogP) is 9.03. The molecular weight excluding hydrogens is 536 g/mol. The van der Waals surface area contributed by atoms with E-state index in [0.717, 1.165) is 25.7 Å². The Bertz CT molecular complexity index is 676. The second-order valence-electron chi connectivity index (χ2n) is 8.33. The molecule has 0 aromatic heterocycles. The van der Waals surface area contributed by atoms with Crippen molar-refractivity contribution < 1.29 is 19.1 Å². The van der Waals surface area contributed by atoms with Crippen LogP contribution < -0.4 is 0 Å². The number of esters is 2. The number of carbonyl (C=O) groups is 2. The van der Waals surface area contributed by atoms with E-state index in [1.807, 2.05) is 0 Å². The Kier molecular flexibility index (Phi) is 16.9. The van der Waals surface area contributed by atoms with Crippen molar-refractivity contribution in [2.45, 2.75) is 104 Å². The third kappa shape index (κ3) is 12.4. The van der Waals surface area contributed by atoms with E-state index in [9.17, 15) is 9.59 Å². The van der Waals surface area contributed by atoms with Crippen LogP contribution in [-0.2, 0) is 9.47 Å². The van der Waals surface area contributed by atoms with Gasteiger partial charge in [-0.15, -0.1) is 0 Å². The van der Waals surface area contributed by atoms with Crippen molar-refractivity contribution in [3.05, 3.63) is 32.2 Å². The van der Waals surface area contributed by atoms with Crippen molar-refractivity contribution in [1.82, 2.24) is 0 Å². The summed E-state index contributed by atoms with van der Waals surface area (Å²) in [4.78, 5) is 25.0. The molecule has 32 heavy (non-hydrogen) atoms. The zero-order chi connectivity index (χ0) is 23.6. The van der Waals surface area contributed by atoms with Crippen LogP contribution in [0.5, 0.6) is 0 Å². The number of hydrogen-bond acceptors (Lipinski definition) is 4. The highest BCUT2D eigenvalue weighted by molar-refractivity contribution is 9.13. The summed E-state index contributed by atoms with van der Waals surface area (Å²) in [5, 5.41) is 0. The van der Waals surface area contributed by atoms with Gasteiger partial charge in [0.25, 0.3) is 0 Å². The van der Waals surface area contributed by atoms with Gasteiger partial charge < -0.3 is 9.47 Å². The molecular formula is C26H40Br2O4. The standard InChI is InChI=1S/C26H40Br2O4/c1-3-5-7-9-11-13-15-17-31-25(29)21-19-22(24(28)23(27)20-21)26(30)32-18-16-14-12-10-8-6-4-2/h19-20H,3-18H2,1-2H3. The molecule has 0 aliphatic heterocycles. The quantitative estimate of drug-likeness (QED) is 0.129. The lowest BCUT2D eigenvalue weighted by atomic mass is 10.1. The van der Waals surface area contributed by atoms with Gasteiger partial charge in [0, 0.05) is 8.95 Å². The minimum Gasteiger partial charge on any atom is -0.462 e. The van der Waals surface area contributed by atoms with Crippen LogP contribution in [0.2, 0.25) is 0 Å². The molecule has 0 fully saturated rings. The fourth-order valence-electron chi connectivity index (χ4n) is 3.46. The lowest BCUT2D eigenvalue weighted by Crippen LogP contribution is -2.11. The fourth-order valence-corrected chi connectivity index (χ4v) is 4.32. The summed E-state index contributed by atoms with van der Waals surface area (Å²) in [6, 6.07) is 3.22. The number of ether oxygens (including phenoxy) is 2. The van der Waals surface area contributed by atoms with E-state index in [1.54, 1.807) is 12.1 Å². The van der Waals surface area contributed by atoms with E-state index in [1.165, 1.54) is 64.2 Å². The van der Waals surface area contributed by atoms with E-state index in [4.69, 9.17) is 9.47 Å². The first-order valence-corrected chi connectivity index (χ1v) is 13.9. The van der Waals surface area contributed by atoms with Gasteiger partial charge in [-0.2, -0.15) is 0 Å². The first-order valence-electron chi connectivity index (χ1n) is 12.3. The Morgan fingerprint density at radius 3 is 1.59 bits per heavy atom. The summed E-state index contributed by atoms with van der Waals surface area (Å²) in [7, 11) is 0. The zero-order valence-corrected chi connectivity index (χ0v) is 23.0. The molecule has 0 amide bonds. The van der Waals surface area contributed by atoms with E-state index >= 15 is 0 Å². The second-order valence-corrected chi connectivity index (χ2v) is 9.98. The summed E-state index contributed by atoms with van der Waals surface area (Å²) in [5.74, 6) is -0.837. The third-order valence-electron chi connectivity index (χ3n) is 5.45. The molecule has 1 aromatic rings. The van der Waals surface area contributed by atoms with Crippen LogP contribution in [0.25, 0.3) is 0 Å². The molecule has 1 aromatic carbocycles. The van der Waals surface area contributed by atoms with Gasteiger partial charge in [-0.3, -0.25) is 0 Å². The second kappa shape index (κ2) is 18.5. The maximum atomic E-state index is 12.5. The first-order chi connectivity index (χ1) is 15.5. The average molecular weight is 576 g/mol. The van der Waals surface area contributed by atoms with Crippen molar-refractivity contribution in [2.24, 2.45) is 0 Å².